The van der Waals surface area contributed by atoms with Crippen molar-refractivity contribution < 1.29 is 18.0 Å². The molecule has 2 heterocycles. The molecule has 0 unspecified atom stereocenters. The van der Waals surface area contributed by atoms with Gasteiger partial charge in [0.15, 0.2) is 0 Å². The quantitative estimate of drug-likeness (QED) is 0.145. The molecule has 5 aromatic carbocycles. The van der Waals surface area contributed by atoms with E-state index in [2.05, 4.69) is 51.1 Å². The molecule has 0 bridgehead atoms. The van der Waals surface area contributed by atoms with Gasteiger partial charge in [0.05, 0.1) is 10.6 Å². The summed E-state index contributed by atoms with van der Waals surface area (Å²) in [5, 5.41) is 6.24. The van der Waals surface area contributed by atoms with Crippen LogP contribution in [0, 0.1) is 27.7 Å². The van der Waals surface area contributed by atoms with Crippen molar-refractivity contribution in [3.05, 3.63) is 136 Å². The normalized spacial score (nSPS) is 13.9. The number of hydrogen-bond donors (Lipinski definition) is 3. The Bertz CT molecular complexity index is 2270. The predicted octanol–water partition coefficient (Wildman–Crippen LogP) is 9.89. The number of hydrogen-bond acceptors (Lipinski definition) is 6. The second-order valence-electron chi connectivity index (χ2n) is 14.1. The summed E-state index contributed by atoms with van der Waals surface area (Å²) in [6.45, 7) is 12.2. The lowest BCUT2D eigenvalue weighted by atomic mass is 9.99. The number of nitrogens with zero attached hydrogens (tertiary/aromatic N) is 2. The van der Waals surface area contributed by atoms with E-state index in [9.17, 15) is 18.0 Å². The molecule has 55 heavy (non-hydrogen) atoms. The molecule has 2 saturated heterocycles. The average molecular weight is 778 g/mol. The molecule has 9 nitrogen and oxygen atoms in total. The average Bonchev–Trinajstić information content (AvgIpc) is 3.91. The van der Waals surface area contributed by atoms with Gasteiger partial charge in [0.25, 0.3) is 15.9 Å². The number of anilines is 4. The minimum Gasteiger partial charge on any atom is -0.371 e. The number of urea groups is 1. The van der Waals surface area contributed by atoms with E-state index in [0.29, 0.717) is 16.3 Å². The fourth-order valence-electron chi connectivity index (χ4n) is 7.46. The smallest absolute Gasteiger partial charge is 0.333 e. The van der Waals surface area contributed by atoms with Gasteiger partial charge in [-0.2, -0.15) is 0 Å². The molecule has 7 rings (SSSR count). The van der Waals surface area contributed by atoms with Crippen LogP contribution in [0.3, 0.4) is 0 Å². The molecular weight excluding hydrogens is 730 g/mol. The van der Waals surface area contributed by atoms with Gasteiger partial charge in [-0.15, -0.1) is 0 Å². The Morgan fingerprint density at radius 2 is 1.27 bits per heavy atom. The molecule has 3 amide bonds. The SMILES string of the molecule is Cc1cc(C)c(N2CCCC2)c(C)c1NC(=O)NS(=O)(=O)c1ccc(Cl)cc1.Cc1ccc(NC(=O)c2ccccc2-c2ccccc2)cc1N1CCCC1. The van der Waals surface area contributed by atoms with Gasteiger partial charge in [-0.05, 0) is 129 Å². The van der Waals surface area contributed by atoms with Crippen molar-refractivity contribution in [2.45, 2.75) is 58.3 Å². The Labute approximate surface area is 329 Å². The van der Waals surface area contributed by atoms with Crippen LogP contribution in [-0.4, -0.2) is 46.5 Å². The zero-order valence-electron chi connectivity index (χ0n) is 31.8. The highest BCUT2D eigenvalue weighted by molar-refractivity contribution is 7.90. The molecule has 286 valence electrons. The van der Waals surface area contributed by atoms with Gasteiger partial charge in [-0.25, -0.2) is 17.9 Å². The molecule has 2 fully saturated rings. The largest absolute Gasteiger partial charge is 0.371 e. The molecule has 2 aliphatic rings. The van der Waals surface area contributed by atoms with Crippen LogP contribution in [0.2, 0.25) is 5.02 Å². The molecule has 0 spiro atoms. The summed E-state index contributed by atoms with van der Waals surface area (Å²) in [5.74, 6) is -0.0781. The van der Waals surface area contributed by atoms with E-state index in [1.807, 2.05) is 80.6 Å². The molecule has 0 aliphatic carbocycles. The van der Waals surface area contributed by atoms with Crippen molar-refractivity contribution in [2.75, 3.05) is 46.6 Å². The van der Waals surface area contributed by atoms with Crippen LogP contribution >= 0.6 is 11.6 Å². The highest BCUT2D eigenvalue weighted by atomic mass is 35.5. The monoisotopic (exact) mass is 777 g/mol. The van der Waals surface area contributed by atoms with Gasteiger partial charge in [0, 0.05) is 53.8 Å². The number of aryl methyl sites for hydroxylation is 3. The fraction of sp³-hybridized carbons (Fsp3) is 0.273. The fourth-order valence-corrected chi connectivity index (χ4v) is 8.50. The van der Waals surface area contributed by atoms with E-state index >= 15 is 0 Å². The van der Waals surface area contributed by atoms with Crippen LogP contribution < -0.4 is 25.2 Å². The second kappa shape index (κ2) is 17.4. The van der Waals surface area contributed by atoms with Gasteiger partial charge in [0.2, 0.25) is 0 Å². The van der Waals surface area contributed by atoms with Gasteiger partial charge in [-0.3, -0.25) is 4.79 Å². The third kappa shape index (κ3) is 9.50. The molecule has 0 aromatic heterocycles. The third-order valence-electron chi connectivity index (χ3n) is 10.1. The molecular formula is C44H48ClN5O4S. The first kappa shape index (κ1) is 39.4. The highest BCUT2D eigenvalue weighted by Gasteiger charge is 2.23. The second-order valence-corrected chi connectivity index (χ2v) is 16.2. The molecule has 0 radical (unpaired) electrons. The van der Waals surface area contributed by atoms with Crippen molar-refractivity contribution in [3.63, 3.8) is 0 Å². The maximum Gasteiger partial charge on any atom is 0.333 e. The number of halogens is 1. The summed E-state index contributed by atoms with van der Waals surface area (Å²) >= 11 is 5.79. The Balaban J connectivity index is 0.000000187. The summed E-state index contributed by atoms with van der Waals surface area (Å²) < 4.78 is 26.9. The Kier molecular flexibility index (Phi) is 12.5. The van der Waals surface area contributed by atoms with E-state index in [1.54, 1.807) is 0 Å². The first-order valence-electron chi connectivity index (χ1n) is 18.7. The lowest BCUT2D eigenvalue weighted by Gasteiger charge is -2.26. The topological polar surface area (TPSA) is 111 Å². The summed E-state index contributed by atoms with van der Waals surface area (Å²) in [7, 11) is -3.99. The van der Waals surface area contributed by atoms with Crippen LogP contribution in [0.4, 0.5) is 27.5 Å². The molecule has 5 aromatic rings. The molecule has 3 N–H and O–H groups in total. The van der Waals surface area contributed by atoms with Gasteiger partial charge >= 0.3 is 6.03 Å². The Hall–Kier alpha value is -5.32. The van der Waals surface area contributed by atoms with Crippen LogP contribution in [-0.2, 0) is 10.0 Å². The number of sulfonamides is 1. The molecule has 0 atom stereocenters. The number of benzene rings is 5. The van der Waals surface area contributed by atoms with Crippen LogP contribution in [0.1, 0.15) is 58.3 Å². The first-order valence-corrected chi connectivity index (χ1v) is 20.5. The van der Waals surface area contributed by atoms with Crippen molar-refractivity contribution in [1.82, 2.24) is 4.72 Å². The summed E-state index contributed by atoms with van der Waals surface area (Å²) in [6.07, 6.45) is 4.77. The minimum atomic E-state index is -3.99. The Morgan fingerprint density at radius 1 is 0.655 bits per heavy atom. The van der Waals surface area contributed by atoms with Crippen molar-refractivity contribution >= 4 is 56.3 Å². The van der Waals surface area contributed by atoms with Gasteiger partial charge in [0.1, 0.15) is 0 Å². The number of carbonyl (C=O) groups excluding carboxylic acids is 2. The predicted molar refractivity (Wildman–Crippen MR) is 225 cm³/mol. The summed E-state index contributed by atoms with van der Waals surface area (Å²) in [6, 6.07) is 30.8. The van der Waals surface area contributed by atoms with Crippen molar-refractivity contribution in [1.29, 1.82) is 0 Å². The maximum atomic E-state index is 13.0. The highest BCUT2D eigenvalue weighted by Crippen LogP contribution is 2.35. The number of rotatable bonds is 8. The summed E-state index contributed by atoms with van der Waals surface area (Å²) in [5.41, 5.74) is 10.7. The van der Waals surface area contributed by atoms with E-state index < -0.39 is 16.1 Å². The van der Waals surface area contributed by atoms with Gasteiger partial charge in [-0.1, -0.05) is 72.3 Å². The number of nitrogens with one attached hydrogen (secondary N) is 3. The molecule has 2 aliphatic heterocycles. The van der Waals surface area contributed by atoms with Crippen LogP contribution in [0.15, 0.2) is 108 Å². The maximum absolute atomic E-state index is 13.0. The molecule has 0 saturated carbocycles. The zero-order valence-corrected chi connectivity index (χ0v) is 33.4. The van der Waals surface area contributed by atoms with Crippen LogP contribution in [0.25, 0.3) is 11.1 Å². The van der Waals surface area contributed by atoms with E-state index in [0.717, 1.165) is 78.2 Å². The number of carbonyl (C=O) groups is 2. The van der Waals surface area contributed by atoms with E-state index in [4.69, 9.17) is 11.6 Å². The van der Waals surface area contributed by atoms with E-state index in [1.165, 1.54) is 48.4 Å². The third-order valence-corrected chi connectivity index (χ3v) is 11.7. The Morgan fingerprint density at radius 3 is 1.95 bits per heavy atom. The summed E-state index contributed by atoms with van der Waals surface area (Å²) in [4.78, 5) is 30.1. The zero-order chi connectivity index (χ0) is 39.1. The minimum absolute atomic E-state index is 0.0258. The molecule has 11 heteroatoms. The standard InChI is InChI=1S/C24H24N2O.C20H24ClN3O3S/c1-18-13-14-20(17-23(18)26-15-7-8-16-26)25-24(27)22-12-6-5-11-21(22)19-9-3-2-4-10-19;1-13-12-14(2)19(24-10-4-5-11-24)15(3)18(13)22-20(25)23-28(26,27)17-8-6-16(21)7-9-17/h2-6,9-14,17H,7-8,15-16H2,1H3,(H,25,27);6-9,12H,4-5,10-11H2,1-3H3,(H2,22,23,25). The van der Waals surface area contributed by atoms with Crippen molar-refractivity contribution in [3.8, 4) is 11.1 Å². The lowest BCUT2D eigenvalue weighted by Crippen LogP contribution is -2.35. The number of amides is 3. The first-order chi connectivity index (χ1) is 26.4. The van der Waals surface area contributed by atoms with Gasteiger partial charge < -0.3 is 20.4 Å². The van der Waals surface area contributed by atoms with Crippen LogP contribution in [0.5, 0.6) is 0 Å². The van der Waals surface area contributed by atoms with Crippen molar-refractivity contribution in [2.24, 2.45) is 0 Å². The van der Waals surface area contributed by atoms with E-state index in [-0.39, 0.29) is 10.8 Å². The lowest BCUT2D eigenvalue weighted by molar-refractivity contribution is 0.102.